The van der Waals surface area contributed by atoms with Gasteiger partial charge in [-0.15, -0.1) is 0 Å². The molecule has 0 aromatic carbocycles. The van der Waals surface area contributed by atoms with E-state index in [0.717, 1.165) is 6.26 Å². The highest BCUT2D eigenvalue weighted by Crippen LogP contribution is 2.10. The van der Waals surface area contributed by atoms with E-state index in [1.807, 2.05) is 0 Å². The zero-order valence-electron chi connectivity index (χ0n) is 7.44. The molecule has 0 aromatic heterocycles. The first-order chi connectivity index (χ1) is 5.40. The maximum atomic E-state index is 10.7. The second-order valence-electron chi connectivity index (χ2n) is 2.62. The lowest BCUT2D eigenvalue weighted by molar-refractivity contribution is 0.195. The summed E-state index contributed by atoms with van der Waals surface area (Å²) >= 11 is 0. The first kappa shape index (κ1) is 11.4. The Bertz CT molecular complexity index is 265. The summed E-state index contributed by atoms with van der Waals surface area (Å²) in [7, 11) is -3.43. The van der Waals surface area contributed by atoms with Crippen LogP contribution in [-0.2, 0) is 14.3 Å². The average Bonchev–Trinajstić information content (AvgIpc) is 1.97. The summed E-state index contributed by atoms with van der Waals surface area (Å²) in [6, 6.07) is -0.412. The molecule has 0 aromatic rings. The third-order valence-electron chi connectivity index (χ3n) is 1.44. The van der Waals surface area contributed by atoms with Crippen LogP contribution in [0.1, 0.15) is 20.3 Å². The molecule has 0 aliphatic heterocycles. The minimum atomic E-state index is -3.43. The lowest BCUT2D eigenvalue weighted by Crippen LogP contribution is -2.25. The zero-order valence-corrected chi connectivity index (χ0v) is 8.26. The van der Waals surface area contributed by atoms with Gasteiger partial charge in [0.05, 0.1) is 6.26 Å². The van der Waals surface area contributed by atoms with E-state index >= 15 is 0 Å². The molecule has 12 heavy (non-hydrogen) atoms. The van der Waals surface area contributed by atoms with E-state index in [4.69, 9.17) is 10.8 Å². The van der Waals surface area contributed by atoms with Gasteiger partial charge in [0.1, 0.15) is 0 Å². The second kappa shape index (κ2) is 4.43. The van der Waals surface area contributed by atoms with Gasteiger partial charge in [-0.3, -0.25) is 4.18 Å². The maximum Gasteiger partial charge on any atom is 0.264 e. The Balaban J connectivity index is 4.31. The normalized spacial score (nSPS) is 16.5. The van der Waals surface area contributed by atoms with E-state index < -0.39 is 22.3 Å². The van der Waals surface area contributed by atoms with Crippen molar-refractivity contribution in [1.82, 2.24) is 0 Å². The summed E-state index contributed by atoms with van der Waals surface area (Å²) in [5.41, 5.74) is 0. The predicted octanol–water partition coefficient (Wildman–Crippen LogP) is 1.05. The van der Waals surface area contributed by atoms with Crippen LogP contribution in [0.25, 0.3) is 4.85 Å². The van der Waals surface area contributed by atoms with Crippen LogP contribution in [0.15, 0.2) is 0 Å². The second-order valence-corrected chi connectivity index (χ2v) is 4.22. The molecule has 0 aliphatic rings. The predicted molar refractivity (Wildman–Crippen MR) is 46.1 cm³/mol. The SMILES string of the molecule is [C-]#[N+][C@H](C)[C@H](CC)OS(C)(=O)=O. The highest BCUT2D eigenvalue weighted by Gasteiger charge is 2.24. The van der Waals surface area contributed by atoms with Crippen LogP contribution < -0.4 is 0 Å². The van der Waals surface area contributed by atoms with Gasteiger partial charge in [0.15, 0.2) is 6.10 Å². The molecule has 0 bridgehead atoms. The molecule has 70 valence electrons. The van der Waals surface area contributed by atoms with Crippen LogP contribution in [0.4, 0.5) is 0 Å². The Hall–Kier alpha value is -0.600. The van der Waals surface area contributed by atoms with E-state index in [1.165, 1.54) is 0 Å². The topological polar surface area (TPSA) is 47.7 Å². The summed E-state index contributed by atoms with van der Waals surface area (Å²) in [6.07, 6.45) is 1.00. The molecule has 0 spiro atoms. The van der Waals surface area contributed by atoms with Gasteiger partial charge in [0, 0.05) is 6.92 Å². The minimum absolute atomic E-state index is 0.412. The fourth-order valence-corrected chi connectivity index (χ4v) is 1.54. The summed E-state index contributed by atoms with van der Waals surface area (Å²) < 4.78 is 26.1. The van der Waals surface area contributed by atoms with Gasteiger partial charge in [0.25, 0.3) is 10.1 Å². The Labute approximate surface area is 73.5 Å². The molecule has 0 saturated heterocycles. The minimum Gasteiger partial charge on any atom is -0.311 e. The zero-order chi connectivity index (χ0) is 9.78. The molecule has 4 nitrogen and oxygen atoms in total. The fraction of sp³-hybridized carbons (Fsp3) is 0.857. The first-order valence-electron chi connectivity index (χ1n) is 3.65. The lowest BCUT2D eigenvalue weighted by atomic mass is 10.1. The number of rotatable bonds is 4. The molecule has 2 atom stereocenters. The van der Waals surface area contributed by atoms with Gasteiger partial charge in [-0.1, -0.05) is 6.92 Å². The van der Waals surface area contributed by atoms with Gasteiger partial charge in [-0.2, -0.15) is 8.42 Å². The van der Waals surface area contributed by atoms with Crippen molar-refractivity contribution in [3.63, 3.8) is 0 Å². The molecule has 0 radical (unpaired) electrons. The van der Waals surface area contributed by atoms with Crippen molar-refractivity contribution in [3.05, 3.63) is 11.4 Å². The molecule has 0 rings (SSSR count). The number of hydrogen-bond donors (Lipinski definition) is 0. The van der Waals surface area contributed by atoms with Gasteiger partial charge in [0.2, 0.25) is 6.04 Å². The van der Waals surface area contributed by atoms with Crippen molar-refractivity contribution < 1.29 is 12.6 Å². The molecule has 0 heterocycles. The Kier molecular flexibility index (Phi) is 4.21. The molecule has 0 saturated carbocycles. The third kappa shape index (κ3) is 4.31. The van der Waals surface area contributed by atoms with E-state index in [1.54, 1.807) is 13.8 Å². The number of nitrogens with zero attached hydrogens (tertiary/aromatic N) is 1. The molecule has 0 unspecified atom stereocenters. The Morgan fingerprint density at radius 3 is 2.33 bits per heavy atom. The summed E-state index contributed by atoms with van der Waals surface area (Å²) in [4.78, 5) is 3.20. The number of hydrogen-bond acceptors (Lipinski definition) is 3. The van der Waals surface area contributed by atoms with Crippen molar-refractivity contribution in [2.75, 3.05) is 6.26 Å². The molecule has 0 amide bonds. The largest absolute Gasteiger partial charge is 0.311 e. The van der Waals surface area contributed by atoms with Crippen molar-refractivity contribution >= 4 is 10.1 Å². The van der Waals surface area contributed by atoms with Crippen LogP contribution in [-0.4, -0.2) is 26.8 Å². The van der Waals surface area contributed by atoms with E-state index in [-0.39, 0.29) is 0 Å². The van der Waals surface area contributed by atoms with Crippen LogP contribution >= 0.6 is 0 Å². The lowest BCUT2D eigenvalue weighted by Gasteiger charge is -2.12. The molecular formula is C7H13NO3S. The standard InChI is InChI=1S/C7H13NO3S/c1-5-7(6(2)8-3)11-12(4,9)10/h6-7H,5H2,1-2,4H3/t6-,7+/m1/s1. The molecule has 0 fully saturated rings. The Morgan fingerprint density at radius 1 is 1.58 bits per heavy atom. The quantitative estimate of drug-likeness (QED) is 0.493. The van der Waals surface area contributed by atoms with Crippen molar-refractivity contribution in [2.24, 2.45) is 0 Å². The van der Waals surface area contributed by atoms with Crippen molar-refractivity contribution in [2.45, 2.75) is 32.4 Å². The summed E-state index contributed by atoms with van der Waals surface area (Å²) in [5, 5.41) is 0. The molecular weight excluding hydrogens is 178 g/mol. The van der Waals surface area contributed by atoms with Crippen LogP contribution in [0.5, 0.6) is 0 Å². The average molecular weight is 191 g/mol. The van der Waals surface area contributed by atoms with Gasteiger partial charge in [-0.25, -0.2) is 6.57 Å². The van der Waals surface area contributed by atoms with Crippen molar-refractivity contribution in [3.8, 4) is 0 Å². The summed E-state index contributed by atoms with van der Waals surface area (Å²) in [6.45, 7) is 10.1. The third-order valence-corrected chi connectivity index (χ3v) is 2.04. The van der Waals surface area contributed by atoms with Crippen LogP contribution in [0, 0.1) is 6.57 Å². The van der Waals surface area contributed by atoms with Crippen molar-refractivity contribution in [1.29, 1.82) is 0 Å². The van der Waals surface area contributed by atoms with Gasteiger partial charge in [-0.05, 0) is 6.42 Å². The maximum absolute atomic E-state index is 10.7. The van der Waals surface area contributed by atoms with Gasteiger partial charge < -0.3 is 4.85 Å². The molecule has 5 heteroatoms. The van der Waals surface area contributed by atoms with Gasteiger partial charge >= 0.3 is 0 Å². The Morgan fingerprint density at radius 2 is 2.08 bits per heavy atom. The fourth-order valence-electron chi connectivity index (χ4n) is 0.797. The van der Waals surface area contributed by atoms with Crippen LogP contribution in [0.3, 0.4) is 0 Å². The first-order valence-corrected chi connectivity index (χ1v) is 5.47. The summed E-state index contributed by atoms with van der Waals surface area (Å²) in [5.74, 6) is 0. The molecule has 0 aliphatic carbocycles. The monoisotopic (exact) mass is 191 g/mol. The van der Waals surface area contributed by atoms with E-state index in [2.05, 4.69) is 4.85 Å². The highest BCUT2D eigenvalue weighted by atomic mass is 32.2. The van der Waals surface area contributed by atoms with E-state index in [9.17, 15) is 8.42 Å². The van der Waals surface area contributed by atoms with Crippen LogP contribution in [0.2, 0.25) is 0 Å². The molecule has 0 N–H and O–H groups in total. The van der Waals surface area contributed by atoms with E-state index in [0.29, 0.717) is 6.42 Å². The highest BCUT2D eigenvalue weighted by molar-refractivity contribution is 7.86. The smallest absolute Gasteiger partial charge is 0.264 e.